The van der Waals surface area contributed by atoms with Crippen LogP contribution in [-0.4, -0.2) is 21.3 Å². The molecular weight excluding hydrogens is 216 g/mol. The molecule has 1 aromatic carbocycles. The summed E-state index contributed by atoms with van der Waals surface area (Å²) in [5.41, 5.74) is 0.866. The third kappa shape index (κ3) is 3.32. The van der Waals surface area contributed by atoms with Gasteiger partial charge in [-0.15, -0.1) is 0 Å². The lowest BCUT2D eigenvalue weighted by Crippen LogP contribution is -2.06. The Kier molecular flexibility index (Phi) is 3.77. The summed E-state index contributed by atoms with van der Waals surface area (Å²) in [6.45, 7) is 3.09. The van der Waals surface area contributed by atoms with E-state index in [1.54, 1.807) is 19.4 Å². The van der Waals surface area contributed by atoms with Gasteiger partial charge in [0.25, 0.3) is 0 Å². The topological polar surface area (TPSA) is 47.3 Å². The van der Waals surface area contributed by atoms with Crippen LogP contribution in [0, 0.1) is 0 Å². The molecule has 0 bridgehead atoms. The van der Waals surface area contributed by atoms with Gasteiger partial charge in [-0.25, -0.2) is 4.98 Å². The first-order chi connectivity index (χ1) is 8.25. The van der Waals surface area contributed by atoms with Crippen molar-refractivity contribution >= 4 is 0 Å². The second kappa shape index (κ2) is 5.50. The molecular formula is C13H16N2O2. The number of rotatable bonds is 5. The van der Waals surface area contributed by atoms with E-state index in [9.17, 15) is 5.11 Å². The van der Waals surface area contributed by atoms with Gasteiger partial charge >= 0.3 is 0 Å². The standard InChI is InChI=1S/C13H16N2O2/c1-11(16)12-3-2-4-13(9-12)17-8-7-15-6-5-14-10-15/h2-6,9-11,16H,7-8H2,1H3/t11-/m1/s1. The van der Waals surface area contributed by atoms with Crippen LogP contribution in [0.2, 0.25) is 0 Å². The molecule has 0 aliphatic carbocycles. The minimum Gasteiger partial charge on any atom is -0.492 e. The van der Waals surface area contributed by atoms with Crippen LogP contribution in [0.15, 0.2) is 43.0 Å². The zero-order chi connectivity index (χ0) is 12.1. The summed E-state index contributed by atoms with van der Waals surface area (Å²) in [6.07, 6.45) is 4.94. The van der Waals surface area contributed by atoms with Gasteiger partial charge in [0.15, 0.2) is 0 Å². The Labute approximate surface area is 100 Å². The van der Waals surface area contributed by atoms with Crippen LogP contribution in [0.5, 0.6) is 5.75 Å². The molecule has 0 spiro atoms. The molecule has 90 valence electrons. The second-order valence-electron chi connectivity index (χ2n) is 3.90. The van der Waals surface area contributed by atoms with E-state index >= 15 is 0 Å². The van der Waals surface area contributed by atoms with Gasteiger partial charge in [-0.05, 0) is 24.6 Å². The Balaban J connectivity index is 1.88. The maximum absolute atomic E-state index is 9.46. The summed E-state index contributed by atoms with van der Waals surface area (Å²) in [5.74, 6) is 0.781. The largest absolute Gasteiger partial charge is 0.492 e. The minimum atomic E-state index is -0.466. The zero-order valence-corrected chi connectivity index (χ0v) is 9.78. The van der Waals surface area contributed by atoms with Crippen molar-refractivity contribution < 1.29 is 9.84 Å². The van der Waals surface area contributed by atoms with Gasteiger partial charge in [0, 0.05) is 12.4 Å². The molecule has 0 amide bonds. The van der Waals surface area contributed by atoms with Crippen molar-refractivity contribution in [1.82, 2.24) is 9.55 Å². The highest BCUT2D eigenvalue weighted by Crippen LogP contribution is 2.18. The van der Waals surface area contributed by atoms with Crippen molar-refractivity contribution in [3.05, 3.63) is 48.5 Å². The molecule has 1 atom stereocenters. The predicted molar refractivity (Wildman–Crippen MR) is 64.8 cm³/mol. The van der Waals surface area contributed by atoms with Crippen molar-refractivity contribution in [3.63, 3.8) is 0 Å². The van der Waals surface area contributed by atoms with Crippen LogP contribution in [0.4, 0.5) is 0 Å². The number of hydrogen-bond donors (Lipinski definition) is 1. The summed E-state index contributed by atoms with van der Waals surface area (Å²) < 4.78 is 7.57. The molecule has 2 aromatic rings. The van der Waals surface area contributed by atoms with Crippen molar-refractivity contribution in [2.45, 2.75) is 19.6 Å². The number of nitrogens with zero attached hydrogens (tertiary/aromatic N) is 2. The lowest BCUT2D eigenvalue weighted by Gasteiger charge is -2.09. The fourth-order valence-electron chi connectivity index (χ4n) is 1.55. The van der Waals surface area contributed by atoms with Crippen LogP contribution in [0.25, 0.3) is 0 Å². The van der Waals surface area contributed by atoms with E-state index in [4.69, 9.17) is 4.74 Å². The fraction of sp³-hybridized carbons (Fsp3) is 0.308. The molecule has 0 radical (unpaired) electrons. The Morgan fingerprint density at radius 3 is 3.06 bits per heavy atom. The van der Waals surface area contributed by atoms with Crippen LogP contribution in [0.3, 0.4) is 0 Å². The Bertz CT molecular complexity index is 452. The van der Waals surface area contributed by atoms with E-state index in [2.05, 4.69) is 4.98 Å². The molecule has 1 N–H and O–H groups in total. The van der Waals surface area contributed by atoms with E-state index in [-0.39, 0.29) is 0 Å². The van der Waals surface area contributed by atoms with E-state index in [0.717, 1.165) is 17.9 Å². The summed E-state index contributed by atoms with van der Waals surface area (Å²) in [7, 11) is 0. The van der Waals surface area contributed by atoms with E-state index in [1.807, 2.05) is 35.0 Å². The van der Waals surface area contributed by atoms with E-state index < -0.39 is 6.10 Å². The van der Waals surface area contributed by atoms with Crippen molar-refractivity contribution in [3.8, 4) is 5.75 Å². The van der Waals surface area contributed by atoms with E-state index in [1.165, 1.54) is 0 Å². The van der Waals surface area contributed by atoms with Crippen LogP contribution in [0.1, 0.15) is 18.6 Å². The Morgan fingerprint density at radius 2 is 2.35 bits per heavy atom. The average Bonchev–Trinajstić information content (AvgIpc) is 2.82. The van der Waals surface area contributed by atoms with Crippen LogP contribution >= 0.6 is 0 Å². The SMILES string of the molecule is C[C@@H](O)c1cccc(OCCn2ccnc2)c1. The first kappa shape index (κ1) is 11.7. The summed E-state index contributed by atoms with van der Waals surface area (Å²) in [6, 6.07) is 7.51. The highest BCUT2D eigenvalue weighted by molar-refractivity contribution is 5.29. The monoisotopic (exact) mass is 232 g/mol. The summed E-state index contributed by atoms with van der Waals surface area (Å²) in [4.78, 5) is 3.96. The van der Waals surface area contributed by atoms with Crippen molar-refractivity contribution in [2.24, 2.45) is 0 Å². The third-order valence-electron chi connectivity index (χ3n) is 2.52. The maximum atomic E-state index is 9.46. The lowest BCUT2D eigenvalue weighted by atomic mass is 10.1. The number of benzene rings is 1. The summed E-state index contributed by atoms with van der Waals surface area (Å²) in [5, 5.41) is 9.46. The van der Waals surface area contributed by atoms with Gasteiger partial charge < -0.3 is 14.4 Å². The molecule has 0 saturated heterocycles. The van der Waals surface area contributed by atoms with Crippen molar-refractivity contribution in [2.75, 3.05) is 6.61 Å². The second-order valence-corrected chi connectivity index (χ2v) is 3.90. The molecule has 0 aliphatic heterocycles. The van der Waals surface area contributed by atoms with Gasteiger partial charge in [-0.1, -0.05) is 12.1 Å². The zero-order valence-electron chi connectivity index (χ0n) is 9.78. The molecule has 0 fully saturated rings. The van der Waals surface area contributed by atoms with Crippen molar-refractivity contribution in [1.29, 1.82) is 0 Å². The van der Waals surface area contributed by atoms with Gasteiger partial charge in [0.2, 0.25) is 0 Å². The molecule has 0 aliphatic rings. The molecule has 1 aromatic heterocycles. The third-order valence-corrected chi connectivity index (χ3v) is 2.52. The smallest absolute Gasteiger partial charge is 0.119 e. The quantitative estimate of drug-likeness (QED) is 0.857. The molecule has 0 unspecified atom stereocenters. The predicted octanol–water partition coefficient (Wildman–Crippen LogP) is 2.02. The number of imidazole rings is 1. The van der Waals surface area contributed by atoms with Crippen LogP contribution in [-0.2, 0) is 6.54 Å². The molecule has 0 saturated carbocycles. The highest BCUT2D eigenvalue weighted by atomic mass is 16.5. The molecule has 4 nitrogen and oxygen atoms in total. The highest BCUT2D eigenvalue weighted by Gasteiger charge is 2.02. The molecule has 17 heavy (non-hydrogen) atoms. The first-order valence-electron chi connectivity index (χ1n) is 5.62. The van der Waals surface area contributed by atoms with Gasteiger partial charge in [-0.2, -0.15) is 0 Å². The van der Waals surface area contributed by atoms with Gasteiger partial charge in [0.05, 0.1) is 19.0 Å². The fourth-order valence-corrected chi connectivity index (χ4v) is 1.55. The maximum Gasteiger partial charge on any atom is 0.119 e. The average molecular weight is 232 g/mol. The minimum absolute atomic E-state index is 0.466. The number of aromatic nitrogens is 2. The lowest BCUT2D eigenvalue weighted by molar-refractivity contribution is 0.198. The number of aliphatic hydroxyl groups excluding tert-OH is 1. The molecule has 1 heterocycles. The Hall–Kier alpha value is -1.81. The number of ether oxygens (including phenoxy) is 1. The Morgan fingerprint density at radius 1 is 1.47 bits per heavy atom. The first-order valence-corrected chi connectivity index (χ1v) is 5.62. The van der Waals surface area contributed by atoms with Crippen LogP contribution < -0.4 is 4.74 Å². The van der Waals surface area contributed by atoms with E-state index in [0.29, 0.717) is 6.61 Å². The normalized spacial score (nSPS) is 12.4. The molecule has 2 rings (SSSR count). The van der Waals surface area contributed by atoms with Gasteiger partial charge in [-0.3, -0.25) is 0 Å². The van der Waals surface area contributed by atoms with Gasteiger partial charge in [0.1, 0.15) is 12.4 Å². The number of aliphatic hydroxyl groups is 1. The number of hydrogen-bond acceptors (Lipinski definition) is 3. The molecule has 4 heteroatoms. The summed E-state index contributed by atoms with van der Waals surface area (Å²) >= 11 is 0.